The number of carbonyl (C=O) groups is 2. The van der Waals surface area contributed by atoms with Gasteiger partial charge in [-0.1, -0.05) is 78.3 Å². The summed E-state index contributed by atoms with van der Waals surface area (Å²) in [6.07, 6.45) is 14.3. The number of carbonyl (C=O) groups excluding carboxylic acids is 1. The number of aldehydes is 1. The van der Waals surface area contributed by atoms with Gasteiger partial charge in [-0.2, -0.15) is 0 Å². The molecule has 2 saturated carbocycles. The van der Waals surface area contributed by atoms with E-state index in [0.29, 0.717) is 5.82 Å². The highest BCUT2D eigenvalue weighted by Crippen LogP contribution is 2.63. The number of carboxylic acid groups (broad SMARTS) is 1. The molecule has 2 aromatic heterocycles. The monoisotopic (exact) mass is 863 g/mol. The number of nitrogens with one attached hydrogen (secondary N) is 2. The van der Waals surface area contributed by atoms with Crippen LogP contribution in [0.1, 0.15) is 150 Å². The maximum Gasteiger partial charge on any atom is 0.309 e. The molecular weight excluding hydrogens is 785 g/mol. The van der Waals surface area contributed by atoms with Crippen molar-refractivity contribution >= 4 is 29.3 Å². The van der Waals surface area contributed by atoms with Gasteiger partial charge in [0.25, 0.3) is 0 Å². The minimum Gasteiger partial charge on any atom is -0.481 e. The first kappa shape index (κ1) is 49.3. The Hall–Kier alpha value is -4.74. The third-order valence-electron chi connectivity index (χ3n) is 13.9. The van der Waals surface area contributed by atoms with Crippen molar-refractivity contribution in [2.45, 2.75) is 139 Å². The lowest BCUT2D eigenvalue weighted by Crippen LogP contribution is -2.34. The zero-order valence-electron chi connectivity index (χ0n) is 40.6. The number of nitrogens with zero attached hydrogens (tertiary/aromatic N) is 6. The Morgan fingerprint density at radius 2 is 1.37 bits per heavy atom. The quantitative estimate of drug-likeness (QED) is 0.113. The van der Waals surface area contributed by atoms with E-state index in [-0.39, 0.29) is 5.41 Å². The van der Waals surface area contributed by atoms with Gasteiger partial charge in [0.05, 0.1) is 22.5 Å². The molecule has 0 saturated heterocycles. The number of hydrogen-bond donors (Lipinski definition) is 3. The lowest BCUT2D eigenvalue weighted by molar-refractivity contribution is -0.148. The van der Waals surface area contributed by atoms with E-state index >= 15 is 0 Å². The van der Waals surface area contributed by atoms with Crippen molar-refractivity contribution in [3.8, 4) is 11.1 Å². The Balaban J connectivity index is 0.000000311. The van der Waals surface area contributed by atoms with Gasteiger partial charge in [0.1, 0.15) is 0 Å². The van der Waals surface area contributed by atoms with Crippen LogP contribution in [0.4, 0.5) is 11.4 Å². The van der Waals surface area contributed by atoms with Crippen LogP contribution >= 0.6 is 0 Å². The smallest absolute Gasteiger partial charge is 0.309 e. The van der Waals surface area contributed by atoms with Gasteiger partial charge in [-0.25, -0.2) is 9.97 Å². The molecule has 0 spiro atoms. The Kier molecular flexibility index (Phi) is 17.4. The second-order valence-corrected chi connectivity index (χ2v) is 18.1. The van der Waals surface area contributed by atoms with E-state index < -0.39 is 11.4 Å². The van der Waals surface area contributed by atoms with Gasteiger partial charge in [-0.3, -0.25) is 19.4 Å². The molecule has 63 heavy (non-hydrogen) atoms. The Morgan fingerprint density at radius 1 is 0.810 bits per heavy atom. The van der Waals surface area contributed by atoms with E-state index in [1.54, 1.807) is 0 Å². The summed E-state index contributed by atoms with van der Waals surface area (Å²) in [5.74, 6) is 0.974. The van der Waals surface area contributed by atoms with Gasteiger partial charge in [0.2, 0.25) is 0 Å². The van der Waals surface area contributed by atoms with E-state index in [1.165, 1.54) is 52.2 Å². The zero-order chi connectivity index (χ0) is 45.9. The molecule has 0 unspecified atom stereocenters. The van der Waals surface area contributed by atoms with Crippen LogP contribution in [-0.2, 0) is 44.8 Å². The summed E-state index contributed by atoms with van der Waals surface area (Å²) in [6, 6.07) is 12.9. The van der Waals surface area contributed by atoms with Crippen molar-refractivity contribution in [3.63, 3.8) is 0 Å². The summed E-state index contributed by atoms with van der Waals surface area (Å²) >= 11 is 0. The van der Waals surface area contributed by atoms with Crippen LogP contribution in [0.15, 0.2) is 42.5 Å². The summed E-state index contributed by atoms with van der Waals surface area (Å²) in [7, 11) is 6.05. The Labute approximate surface area is 378 Å². The molecule has 11 heteroatoms. The second kappa shape index (κ2) is 22.2. The maximum atomic E-state index is 11.9. The van der Waals surface area contributed by atoms with Gasteiger partial charge < -0.3 is 24.9 Å². The molecule has 11 nitrogen and oxygen atoms in total. The molecule has 8 rings (SSSR count). The fourth-order valence-corrected chi connectivity index (χ4v) is 10.4. The van der Waals surface area contributed by atoms with Crippen molar-refractivity contribution < 1.29 is 14.7 Å². The van der Waals surface area contributed by atoms with Crippen LogP contribution in [-0.4, -0.2) is 79.5 Å². The van der Waals surface area contributed by atoms with Gasteiger partial charge in [-0.15, -0.1) is 0 Å². The number of rotatable bonds is 13. The molecule has 0 radical (unpaired) electrons. The number of aromatic nitrogens is 4. The molecule has 4 aliphatic rings. The minimum absolute atomic E-state index is 0.230. The largest absolute Gasteiger partial charge is 0.481 e. The molecule has 0 amide bonds. The summed E-state index contributed by atoms with van der Waals surface area (Å²) in [5.41, 5.74) is 12.8. The van der Waals surface area contributed by atoms with Crippen LogP contribution < -0.4 is 10.6 Å². The molecule has 0 atom stereocenters. The van der Waals surface area contributed by atoms with Gasteiger partial charge in [0, 0.05) is 82.9 Å². The summed E-state index contributed by atoms with van der Waals surface area (Å²) in [6.45, 7) is 23.0. The van der Waals surface area contributed by atoms with Crippen molar-refractivity contribution in [1.82, 2.24) is 28.9 Å². The molecule has 2 aromatic carbocycles. The van der Waals surface area contributed by atoms with E-state index in [0.717, 1.165) is 132 Å². The highest BCUT2D eigenvalue weighted by Gasteiger charge is 2.57. The highest BCUT2D eigenvalue weighted by atomic mass is 16.4. The number of aliphatic carboxylic acids is 1. The summed E-state index contributed by atoms with van der Waals surface area (Å²) in [5, 5.41) is 16.9. The average Bonchev–Trinajstić information content (AvgIpc) is 4.05. The van der Waals surface area contributed by atoms with Crippen LogP contribution in [0.5, 0.6) is 0 Å². The highest BCUT2D eigenvalue weighted by molar-refractivity contribution is 5.83. The number of anilines is 2. The molecule has 4 heterocycles. The van der Waals surface area contributed by atoms with Gasteiger partial charge >= 0.3 is 5.97 Å². The van der Waals surface area contributed by atoms with Crippen molar-refractivity contribution in [3.05, 3.63) is 88.0 Å². The third-order valence-corrected chi connectivity index (χ3v) is 13.9. The first-order valence-electron chi connectivity index (χ1n) is 23.9. The van der Waals surface area contributed by atoms with E-state index in [1.807, 2.05) is 32.5 Å². The summed E-state index contributed by atoms with van der Waals surface area (Å²) in [4.78, 5) is 37.2. The molecule has 2 aliphatic carbocycles. The van der Waals surface area contributed by atoms with Crippen LogP contribution in [0.25, 0.3) is 16.8 Å². The normalized spacial score (nSPS) is 20.3. The van der Waals surface area contributed by atoms with Crippen molar-refractivity contribution in [1.29, 1.82) is 0 Å². The summed E-state index contributed by atoms with van der Waals surface area (Å²) < 4.78 is 4.21. The topological polar surface area (TPSA) is 121 Å². The molecule has 344 valence electrons. The van der Waals surface area contributed by atoms with E-state index in [9.17, 15) is 14.7 Å². The Bertz CT molecular complexity index is 2190. The van der Waals surface area contributed by atoms with Gasteiger partial charge in [-0.05, 0) is 118 Å². The number of imidazole rings is 2. The lowest BCUT2D eigenvalue weighted by Gasteiger charge is -2.32. The second-order valence-electron chi connectivity index (χ2n) is 18.1. The van der Waals surface area contributed by atoms with Crippen LogP contribution in [0.2, 0.25) is 0 Å². The number of hydrogen-bond acceptors (Lipinski definition) is 8. The molecule has 2 bridgehead atoms. The SMILES string of the molecule is CC.CC/C=C(/Nc1cccc(-c2cccc(NC)c2C)c1C)c1nc2c(n1C)CCN(CCC13CCC(C(=O)O)(CC1)C3)C2.CCC.CCCN1CCc2c(nc(C=O)n2C)C1. The van der Waals surface area contributed by atoms with Crippen molar-refractivity contribution in [2.75, 3.05) is 43.9 Å². The average molecular weight is 863 g/mol. The van der Waals surface area contributed by atoms with Crippen molar-refractivity contribution in [2.24, 2.45) is 24.9 Å². The number of allylic oxidation sites excluding steroid dienone is 1. The standard InChI is InChI=1S/C36H47N5O2.C11H17N3O.C3H8.C2H6/c1-6-9-30(38-29-13-8-11-27(25(29)3)26-10-7-12-28(37-4)24(26)2)33-39-31-22-41(20-14-32(31)40(33)5)21-19-35-15-17-36(23-35,18-16-35)34(42)43;1-3-5-14-6-4-10-9(7-14)12-11(8-15)13(10)2;1-3-2;1-2/h7-13,37-38H,6,14-23H2,1-5H3,(H,42,43);8H,3-7H2,1-2H3;3H2,1-2H3;1-2H3/b30-9+;;;. The number of fused-ring (bicyclic) bond motifs is 4. The zero-order valence-corrected chi connectivity index (χ0v) is 40.6. The predicted molar refractivity (Wildman–Crippen MR) is 260 cm³/mol. The Morgan fingerprint density at radius 3 is 1.90 bits per heavy atom. The fraction of sp³-hybridized carbons (Fsp3) is 0.577. The molecular formula is C52H78N8O3. The van der Waals surface area contributed by atoms with E-state index in [2.05, 4.69) is 121 Å². The maximum absolute atomic E-state index is 11.9. The minimum atomic E-state index is -0.569. The number of benzene rings is 2. The van der Waals surface area contributed by atoms with Crippen LogP contribution in [0, 0.1) is 24.7 Å². The molecule has 2 fully saturated rings. The third kappa shape index (κ3) is 10.8. The first-order valence-corrected chi connectivity index (χ1v) is 23.9. The molecule has 4 aromatic rings. The molecule has 3 N–H and O–H groups in total. The van der Waals surface area contributed by atoms with E-state index in [4.69, 9.17) is 4.98 Å². The molecule has 2 aliphatic heterocycles. The lowest BCUT2D eigenvalue weighted by atomic mass is 9.80. The fourth-order valence-electron chi connectivity index (χ4n) is 10.4. The number of carboxylic acids is 1. The van der Waals surface area contributed by atoms with Gasteiger partial charge in [0.15, 0.2) is 17.9 Å². The first-order chi connectivity index (χ1) is 30.4. The van der Waals surface area contributed by atoms with Crippen LogP contribution in [0.3, 0.4) is 0 Å². The predicted octanol–water partition coefficient (Wildman–Crippen LogP) is 10.8.